The molecular formula is C13H16O. The van der Waals surface area contributed by atoms with Gasteiger partial charge in [0.1, 0.15) is 0 Å². The Hall–Kier alpha value is -1.08. The van der Waals surface area contributed by atoms with E-state index in [0.29, 0.717) is 0 Å². The second-order valence-electron chi connectivity index (χ2n) is 4.39. The third-order valence-corrected chi connectivity index (χ3v) is 3.73. The van der Waals surface area contributed by atoms with Crippen molar-refractivity contribution in [2.45, 2.75) is 18.8 Å². The van der Waals surface area contributed by atoms with Crippen LogP contribution in [0.5, 0.6) is 0 Å². The topological polar surface area (TPSA) is 20.2 Å². The van der Waals surface area contributed by atoms with Crippen LogP contribution >= 0.6 is 0 Å². The molecule has 0 unspecified atom stereocenters. The number of aliphatic hydroxyl groups excluding tert-OH is 1. The molecule has 0 aromatic heterocycles. The van der Waals surface area contributed by atoms with E-state index in [0.717, 1.165) is 6.42 Å². The molecule has 0 spiro atoms. The van der Waals surface area contributed by atoms with E-state index in [9.17, 15) is 5.11 Å². The molecule has 2 atom stereocenters. The fourth-order valence-electron chi connectivity index (χ4n) is 2.37. The summed E-state index contributed by atoms with van der Waals surface area (Å²) in [6.45, 7) is 6.22. The normalized spacial score (nSPS) is 35.3. The molecule has 1 N–H and O–H groups in total. The van der Waals surface area contributed by atoms with Crippen LogP contribution in [0.25, 0.3) is 0 Å². The second-order valence-corrected chi connectivity index (χ2v) is 4.39. The lowest BCUT2D eigenvalue weighted by Crippen LogP contribution is -2.16. The zero-order chi connectivity index (χ0) is 10.2. The van der Waals surface area contributed by atoms with Crippen LogP contribution in [0.2, 0.25) is 0 Å². The highest BCUT2D eigenvalue weighted by atomic mass is 16.3. The SMILES string of the molecule is C=C[C@@]1(CO)C[C@@]1(C)c1ccccc1. The van der Waals surface area contributed by atoms with Gasteiger partial charge in [0.2, 0.25) is 0 Å². The zero-order valence-corrected chi connectivity index (χ0v) is 8.53. The lowest BCUT2D eigenvalue weighted by molar-refractivity contribution is 0.226. The fourth-order valence-corrected chi connectivity index (χ4v) is 2.37. The predicted molar refractivity (Wildman–Crippen MR) is 58.1 cm³/mol. The summed E-state index contributed by atoms with van der Waals surface area (Å²) < 4.78 is 0. The van der Waals surface area contributed by atoms with Crippen LogP contribution in [0.15, 0.2) is 43.0 Å². The highest BCUT2D eigenvalue weighted by Crippen LogP contribution is 2.64. The maximum atomic E-state index is 9.38. The summed E-state index contributed by atoms with van der Waals surface area (Å²) >= 11 is 0. The molecule has 0 saturated heterocycles. The van der Waals surface area contributed by atoms with Gasteiger partial charge in [0.05, 0.1) is 6.61 Å². The van der Waals surface area contributed by atoms with Gasteiger partial charge in [-0.3, -0.25) is 0 Å². The van der Waals surface area contributed by atoms with Crippen LogP contribution in [0, 0.1) is 5.41 Å². The summed E-state index contributed by atoms with van der Waals surface area (Å²) in [4.78, 5) is 0. The van der Waals surface area contributed by atoms with Crippen molar-refractivity contribution in [3.05, 3.63) is 48.6 Å². The van der Waals surface area contributed by atoms with E-state index in [4.69, 9.17) is 0 Å². The maximum Gasteiger partial charge on any atom is 0.0530 e. The molecule has 0 bridgehead atoms. The molecule has 2 rings (SSSR count). The largest absolute Gasteiger partial charge is 0.395 e. The van der Waals surface area contributed by atoms with Gasteiger partial charge in [0, 0.05) is 10.8 Å². The van der Waals surface area contributed by atoms with Crippen molar-refractivity contribution in [2.75, 3.05) is 6.61 Å². The Bertz CT molecular complexity index is 344. The Morgan fingerprint density at radius 1 is 1.43 bits per heavy atom. The van der Waals surface area contributed by atoms with Gasteiger partial charge >= 0.3 is 0 Å². The van der Waals surface area contributed by atoms with Gasteiger partial charge < -0.3 is 5.11 Å². The van der Waals surface area contributed by atoms with Crippen molar-refractivity contribution in [1.29, 1.82) is 0 Å². The van der Waals surface area contributed by atoms with Crippen molar-refractivity contribution in [1.82, 2.24) is 0 Å². The third-order valence-electron chi connectivity index (χ3n) is 3.73. The molecular weight excluding hydrogens is 172 g/mol. The first-order valence-corrected chi connectivity index (χ1v) is 4.98. The summed E-state index contributed by atoms with van der Waals surface area (Å²) in [7, 11) is 0. The van der Waals surface area contributed by atoms with Crippen LogP contribution < -0.4 is 0 Å². The van der Waals surface area contributed by atoms with E-state index >= 15 is 0 Å². The molecule has 1 heteroatoms. The number of rotatable bonds is 3. The fraction of sp³-hybridized carbons (Fsp3) is 0.385. The lowest BCUT2D eigenvalue weighted by atomic mass is 9.88. The van der Waals surface area contributed by atoms with Gasteiger partial charge in [-0.05, 0) is 12.0 Å². The van der Waals surface area contributed by atoms with Crippen LogP contribution in [0.4, 0.5) is 0 Å². The molecule has 0 radical (unpaired) electrons. The Morgan fingerprint density at radius 3 is 2.50 bits per heavy atom. The standard InChI is InChI=1S/C13H16O/c1-3-13(10-14)9-12(13,2)11-7-5-4-6-8-11/h3-8,14H,1,9-10H2,2H3/t12-,13-/m0/s1. The van der Waals surface area contributed by atoms with Crippen LogP contribution in [0.1, 0.15) is 18.9 Å². The van der Waals surface area contributed by atoms with Crippen LogP contribution in [-0.4, -0.2) is 11.7 Å². The number of hydrogen-bond donors (Lipinski definition) is 1. The van der Waals surface area contributed by atoms with Gasteiger partial charge in [0.25, 0.3) is 0 Å². The molecule has 0 amide bonds. The Labute approximate surface area is 85.1 Å². The number of benzene rings is 1. The smallest absolute Gasteiger partial charge is 0.0530 e. The Balaban J connectivity index is 2.34. The van der Waals surface area contributed by atoms with E-state index in [-0.39, 0.29) is 17.4 Å². The Morgan fingerprint density at radius 2 is 2.07 bits per heavy atom. The van der Waals surface area contributed by atoms with Crippen molar-refractivity contribution >= 4 is 0 Å². The molecule has 14 heavy (non-hydrogen) atoms. The second kappa shape index (κ2) is 2.96. The van der Waals surface area contributed by atoms with Crippen molar-refractivity contribution in [3.63, 3.8) is 0 Å². The van der Waals surface area contributed by atoms with Gasteiger partial charge in [-0.1, -0.05) is 43.3 Å². The monoisotopic (exact) mass is 188 g/mol. The quantitative estimate of drug-likeness (QED) is 0.723. The van der Waals surface area contributed by atoms with Gasteiger partial charge in [-0.25, -0.2) is 0 Å². The first kappa shape index (κ1) is 9.47. The van der Waals surface area contributed by atoms with Crippen molar-refractivity contribution in [2.24, 2.45) is 5.41 Å². The average Bonchev–Trinajstić information content (AvgIpc) is 2.88. The molecule has 74 valence electrons. The zero-order valence-electron chi connectivity index (χ0n) is 8.53. The molecule has 1 aromatic carbocycles. The first-order valence-electron chi connectivity index (χ1n) is 4.98. The molecule has 0 heterocycles. The molecule has 1 aromatic rings. The number of aliphatic hydroxyl groups is 1. The average molecular weight is 188 g/mol. The summed E-state index contributed by atoms with van der Waals surface area (Å²) in [5, 5.41) is 9.38. The van der Waals surface area contributed by atoms with Gasteiger partial charge in [0.15, 0.2) is 0 Å². The lowest BCUT2D eigenvalue weighted by Gasteiger charge is -2.17. The van der Waals surface area contributed by atoms with Crippen LogP contribution in [0.3, 0.4) is 0 Å². The van der Waals surface area contributed by atoms with E-state index in [1.165, 1.54) is 5.56 Å². The summed E-state index contributed by atoms with van der Waals surface area (Å²) in [5.74, 6) is 0. The predicted octanol–water partition coefficient (Wildman–Crippen LogP) is 2.51. The minimum atomic E-state index is -0.0889. The van der Waals surface area contributed by atoms with Crippen LogP contribution in [-0.2, 0) is 5.41 Å². The maximum absolute atomic E-state index is 9.38. The van der Waals surface area contributed by atoms with Gasteiger partial charge in [-0.15, -0.1) is 6.58 Å². The first-order chi connectivity index (χ1) is 6.68. The molecule has 1 fully saturated rings. The third kappa shape index (κ3) is 1.05. The highest BCUT2D eigenvalue weighted by molar-refractivity contribution is 5.40. The minimum Gasteiger partial charge on any atom is -0.395 e. The highest BCUT2D eigenvalue weighted by Gasteiger charge is 2.62. The minimum absolute atomic E-state index is 0.0881. The molecule has 1 aliphatic carbocycles. The van der Waals surface area contributed by atoms with E-state index in [2.05, 4.69) is 25.6 Å². The summed E-state index contributed by atoms with van der Waals surface area (Å²) in [6, 6.07) is 10.4. The van der Waals surface area contributed by atoms with E-state index in [1.54, 1.807) is 0 Å². The molecule has 1 saturated carbocycles. The van der Waals surface area contributed by atoms with Gasteiger partial charge in [-0.2, -0.15) is 0 Å². The molecule has 1 aliphatic rings. The van der Waals surface area contributed by atoms with Crippen molar-refractivity contribution in [3.8, 4) is 0 Å². The molecule has 0 aliphatic heterocycles. The number of hydrogen-bond acceptors (Lipinski definition) is 1. The van der Waals surface area contributed by atoms with Crippen molar-refractivity contribution < 1.29 is 5.11 Å². The van der Waals surface area contributed by atoms with E-state index < -0.39 is 0 Å². The van der Waals surface area contributed by atoms with E-state index in [1.807, 2.05) is 24.3 Å². The molecule has 1 nitrogen and oxygen atoms in total. The Kier molecular flexibility index (Phi) is 2.00. The summed E-state index contributed by atoms with van der Waals surface area (Å²) in [5.41, 5.74) is 1.30. The summed E-state index contributed by atoms with van der Waals surface area (Å²) in [6.07, 6.45) is 2.91.